The molecule has 1 heteroatoms. The molecule has 0 aliphatic carbocycles. The van der Waals surface area contributed by atoms with Crippen LogP contribution in [0.4, 0.5) is 0 Å². The summed E-state index contributed by atoms with van der Waals surface area (Å²) in [5.74, 6) is 0. The maximum Gasteiger partial charge on any atom is 0.0361 e. The van der Waals surface area contributed by atoms with Crippen molar-refractivity contribution in [3.05, 3.63) is 58.3 Å². The van der Waals surface area contributed by atoms with E-state index in [9.17, 15) is 0 Å². The first-order valence-electron chi connectivity index (χ1n) is 6.03. The van der Waals surface area contributed by atoms with E-state index < -0.39 is 0 Å². The summed E-state index contributed by atoms with van der Waals surface area (Å²) in [4.78, 5) is 0. The molecule has 0 saturated heterocycles. The van der Waals surface area contributed by atoms with Crippen molar-refractivity contribution in [1.29, 1.82) is 0 Å². The molecule has 0 bridgehead atoms. The molecule has 0 saturated carbocycles. The zero-order valence-electron chi connectivity index (χ0n) is 10.3. The third-order valence-electron chi connectivity index (χ3n) is 3.20. The normalized spacial score (nSPS) is 12.2. The maximum atomic E-state index is 4.15. The summed E-state index contributed by atoms with van der Waals surface area (Å²) in [5, 5.41) is 2.61. The van der Waals surface area contributed by atoms with Gasteiger partial charge in [-0.15, -0.1) is 11.3 Å². The molecule has 88 valence electrons. The molecule has 0 unspecified atom stereocenters. The highest BCUT2D eigenvalue weighted by Crippen LogP contribution is 2.27. The molecule has 18 heavy (non-hydrogen) atoms. The second-order valence-corrected chi connectivity index (χ2v) is 5.41. The van der Waals surface area contributed by atoms with Gasteiger partial charge in [0.1, 0.15) is 0 Å². The fourth-order valence-electron chi connectivity index (χ4n) is 2.38. The van der Waals surface area contributed by atoms with Gasteiger partial charge < -0.3 is 0 Å². The van der Waals surface area contributed by atoms with Crippen LogP contribution >= 0.6 is 11.3 Å². The van der Waals surface area contributed by atoms with Crippen molar-refractivity contribution in [3.63, 3.8) is 0 Å². The molecule has 0 nitrogen and oxygen atoms in total. The molecule has 0 spiro atoms. The Morgan fingerprint density at radius 2 is 1.78 bits per heavy atom. The largest absolute Gasteiger partial charge is 0.136 e. The van der Waals surface area contributed by atoms with Gasteiger partial charge in [-0.2, -0.15) is 0 Å². The zero-order valence-corrected chi connectivity index (χ0v) is 11.1. The molecular formula is C17H14S. The van der Waals surface area contributed by atoms with Crippen LogP contribution < -0.4 is 9.75 Å². The van der Waals surface area contributed by atoms with E-state index in [0.717, 1.165) is 4.53 Å². The zero-order chi connectivity index (χ0) is 12.5. The van der Waals surface area contributed by atoms with Gasteiger partial charge in [0.05, 0.1) is 0 Å². The predicted octanol–water partition coefficient (Wildman–Crippen LogP) is 3.78. The Kier molecular flexibility index (Phi) is 2.77. The van der Waals surface area contributed by atoms with Gasteiger partial charge in [0, 0.05) is 14.6 Å². The van der Waals surface area contributed by atoms with Crippen molar-refractivity contribution < 1.29 is 0 Å². The lowest BCUT2D eigenvalue weighted by Crippen LogP contribution is -2.16. The molecule has 0 aliphatic rings. The van der Waals surface area contributed by atoms with Crippen LogP contribution in [0.3, 0.4) is 0 Å². The number of hydrogen-bond donors (Lipinski definition) is 0. The third kappa shape index (κ3) is 1.68. The first-order valence-corrected chi connectivity index (χ1v) is 6.85. The van der Waals surface area contributed by atoms with Crippen molar-refractivity contribution in [2.24, 2.45) is 0 Å². The first-order chi connectivity index (χ1) is 8.81. The SMILES string of the molecule is C=c1sc2cccc(-c3ccccc3)c2/c1=C/C. The Hall–Kier alpha value is -1.86. The monoisotopic (exact) mass is 250 g/mol. The summed E-state index contributed by atoms with van der Waals surface area (Å²) in [6.07, 6.45) is 2.16. The fraction of sp³-hybridized carbons (Fsp3) is 0.0588. The number of thiophene rings is 1. The number of rotatable bonds is 1. The van der Waals surface area contributed by atoms with Crippen molar-refractivity contribution in [3.8, 4) is 11.1 Å². The maximum absolute atomic E-state index is 4.15. The molecule has 1 aromatic heterocycles. The number of fused-ring (bicyclic) bond motifs is 1. The van der Waals surface area contributed by atoms with Crippen molar-refractivity contribution >= 4 is 34.1 Å². The molecule has 1 heterocycles. The van der Waals surface area contributed by atoms with Crippen molar-refractivity contribution in [1.82, 2.24) is 0 Å². The quantitative estimate of drug-likeness (QED) is 0.616. The van der Waals surface area contributed by atoms with Crippen LogP contribution in [0.1, 0.15) is 6.92 Å². The van der Waals surface area contributed by atoms with Gasteiger partial charge in [-0.3, -0.25) is 0 Å². The highest BCUT2D eigenvalue weighted by Gasteiger charge is 2.06. The van der Waals surface area contributed by atoms with Gasteiger partial charge in [-0.25, -0.2) is 0 Å². The molecule has 2 aromatic carbocycles. The summed E-state index contributed by atoms with van der Waals surface area (Å²) >= 11 is 1.77. The summed E-state index contributed by atoms with van der Waals surface area (Å²) in [7, 11) is 0. The minimum absolute atomic E-state index is 1.15. The average molecular weight is 250 g/mol. The summed E-state index contributed by atoms with van der Waals surface area (Å²) in [6, 6.07) is 17.0. The Labute approximate surface area is 111 Å². The number of hydrogen-bond acceptors (Lipinski definition) is 1. The van der Waals surface area contributed by atoms with Crippen LogP contribution in [0, 0.1) is 0 Å². The minimum Gasteiger partial charge on any atom is -0.136 e. The van der Waals surface area contributed by atoms with E-state index in [2.05, 4.69) is 68.1 Å². The third-order valence-corrected chi connectivity index (χ3v) is 4.23. The highest BCUT2D eigenvalue weighted by atomic mass is 32.1. The van der Waals surface area contributed by atoms with Crippen LogP contribution in [0.5, 0.6) is 0 Å². The Morgan fingerprint density at radius 3 is 2.50 bits per heavy atom. The van der Waals surface area contributed by atoms with Crippen LogP contribution in [0.25, 0.3) is 33.9 Å². The van der Waals surface area contributed by atoms with Gasteiger partial charge in [-0.05, 0) is 29.3 Å². The standard InChI is InChI=1S/C17H14S/c1-3-14-12(2)18-16-11-7-10-15(17(14)16)13-8-5-4-6-9-13/h3-11H,2H2,1H3/b14-3+. The van der Waals surface area contributed by atoms with E-state index in [1.165, 1.54) is 26.4 Å². The lowest BCUT2D eigenvalue weighted by Gasteiger charge is -2.03. The van der Waals surface area contributed by atoms with Crippen molar-refractivity contribution in [2.45, 2.75) is 6.92 Å². The van der Waals surface area contributed by atoms with Gasteiger partial charge in [-0.1, -0.05) is 55.1 Å². The molecule has 0 radical (unpaired) electrons. The minimum atomic E-state index is 1.15. The first kappa shape index (κ1) is 11.2. The second kappa shape index (κ2) is 4.43. The topological polar surface area (TPSA) is 0 Å². The van der Waals surface area contributed by atoms with Gasteiger partial charge in [0.15, 0.2) is 0 Å². The second-order valence-electron chi connectivity index (χ2n) is 4.27. The lowest BCUT2D eigenvalue weighted by molar-refractivity contribution is 1.65. The van der Waals surface area contributed by atoms with Gasteiger partial charge >= 0.3 is 0 Å². The van der Waals surface area contributed by atoms with Crippen LogP contribution in [-0.4, -0.2) is 0 Å². The molecule has 0 aliphatic heterocycles. The van der Waals surface area contributed by atoms with Crippen LogP contribution in [-0.2, 0) is 0 Å². The average Bonchev–Trinajstić information content (AvgIpc) is 2.74. The highest BCUT2D eigenvalue weighted by molar-refractivity contribution is 7.17. The smallest absolute Gasteiger partial charge is 0.0361 e. The van der Waals surface area contributed by atoms with Gasteiger partial charge in [0.2, 0.25) is 0 Å². The fourth-order valence-corrected chi connectivity index (χ4v) is 3.45. The van der Waals surface area contributed by atoms with E-state index in [1.807, 2.05) is 0 Å². The lowest BCUT2D eigenvalue weighted by atomic mass is 10.0. The van der Waals surface area contributed by atoms with Crippen LogP contribution in [0.15, 0.2) is 48.5 Å². The Morgan fingerprint density at radius 1 is 1.00 bits per heavy atom. The molecule has 0 fully saturated rings. The summed E-state index contributed by atoms with van der Waals surface area (Å²) in [6.45, 7) is 6.23. The Balaban J connectivity index is 2.48. The van der Waals surface area contributed by atoms with E-state index in [0.29, 0.717) is 0 Å². The van der Waals surface area contributed by atoms with Gasteiger partial charge in [0.25, 0.3) is 0 Å². The summed E-state index contributed by atoms with van der Waals surface area (Å²) < 4.78 is 2.46. The molecule has 0 atom stereocenters. The predicted molar refractivity (Wildman–Crippen MR) is 82.2 cm³/mol. The number of benzene rings is 2. The van der Waals surface area contributed by atoms with E-state index in [4.69, 9.17) is 0 Å². The summed E-state index contributed by atoms with van der Waals surface area (Å²) in [5.41, 5.74) is 2.57. The van der Waals surface area contributed by atoms with Crippen molar-refractivity contribution in [2.75, 3.05) is 0 Å². The molecule has 0 amide bonds. The molecule has 0 N–H and O–H groups in total. The van der Waals surface area contributed by atoms with E-state index in [-0.39, 0.29) is 0 Å². The van der Waals surface area contributed by atoms with E-state index >= 15 is 0 Å². The molecular weight excluding hydrogens is 236 g/mol. The molecule has 3 aromatic rings. The Bertz CT molecular complexity index is 795. The molecule has 3 rings (SSSR count). The van der Waals surface area contributed by atoms with Crippen LogP contribution in [0.2, 0.25) is 0 Å². The van der Waals surface area contributed by atoms with E-state index in [1.54, 1.807) is 11.3 Å².